The van der Waals surface area contributed by atoms with Crippen LogP contribution in [0.15, 0.2) is 26.0 Å². The fraction of sp³-hybridized carbons (Fsp3) is 0.375. The standard InChI is InChI=1S/C8H8Br3NO2/c9-2-6(13)4-12-3-5(10)1-7(11)8(12)14/h1,3,6,13H,2,4H2. The normalized spacial score (nSPS) is 12.9. The average Bonchev–Trinajstić information content (AvgIpc) is 2.13. The third-order valence-electron chi connectivity index (χ3n) is 1.59. The van der Waals surface area contributed by atoms with Gasteiger partial charge in [-0.25, -0.2) is 0 Å². The van der Waals surface area contributed by atoms with Crippen molar-refractivity contribution < 1.29 is 5.11 Å². The number of aromatic nitrogens is 1. The largest absolute Gasteiger partial charge is 0.390 e. The third kappa shape index (κ3) is 3.18. The molecule has 0 aromatic carbocycles. The zero-order valence-corrected chi connectivity index (χ0v) is 11.8. The van der Waals surface area contributed by atoms with Crippen molar-refractivity contribution in [2.75, 3.05) is 5.33 Å². The van der Waals surface area contributed by atoms with Gasteiger partial charge in [0.2, 0.25) is 0 Å². The molecule has 6 heteroatoms. The summed E-state index contributed by atoms with van der Waals surface area (Å²) in [5.41, 5.74) is -0.145. The Morgan fingerprint density at radius 2 is 2.14 bits per heavy atom. The maximum atomic E-state index is 11.5. The highest BCUT2D eigenvalue weighted by Crippen LogP contribution is 2.13. The maximum Gasteiger partial charge on any atom is 0.264 e. The van der Waals surface area contributed by atoms with E-state index in [4.69, 9.17) is 0 Å². The number of nitrogens with zero attached hydrogens (tertiary/aromatic N) is 1. The van der Waals surface area contributed by atoms with Crippen LogP contribution in [-0.4, -0.2) is 21.1 Å². The molecule has 1 rings (SSSR count). The second-order valence-electron chi connectivity index (χ2n) is 2.77. The summed E-state index contributed by atoms with van der Waals surface area (Å²) in [6.07, 6.45) is 1.09. The van der Waals surface area contributed by atoms with Gasteiger partial charge < -0.3 is 9.67 Å². The number of hydrogen-bond donors (Lipinski definition) is 1. The van der Waals surface area contributed by atoms with Gasteiger partial charge in [-0.15, -0.1) is 0 Å². The first-order chi connectivity index (χ1) is 6.54. The van der Waals surface area contributed by atoms with Crippen LogP contribution in [0.5, 0.6) is 0 Å². The predicted octanol–water partition coefficient (Wildman–Crippen LogP) is 2.13. The topological polar surface area (TPSA) is 42.2 Å². The molecule has 1 unspecified atom stereocenters. The Morgan fingerprint density at radius 1 is 1.50 bits per heavy atom. The zero-order chi connectivity index (χ0) is 10.7. The van der Waals surface area contributed by atoms with Crippen LogP contribution in [0.1, 0.15) is 0 Å². The minimum absolute atomic E-state index is 0.145. The molecule has 0 aliphatic heterocycles. The summed E-state index contributed by atoms with van der Waals surface area (Å²) in [6.45, 7) is 0.280. The molecule has 0 saturated heterocycles. The quantitative estimate of drug-likeness (QED) is 0.805. The van der Waals surface area contributed by atoms with Gasteiger partial charge in [-0.2, -0.15) is 0 Å². The summed E-state index contributed by atoms with van der Waals surface area (Å²) in [5.74, 6) is 0. The summed E-state index contributed by atoms with van der Waals surface area (Å²) in [7, 11) is 0. The zero-order valence-electron chi connectivity index (χ0n) is 7.08. The molecule has 0 aliphatic carbocycles. The molecule has 1 heterocycles. The molecule has 1 atom stereocenters. The van der Waals surface area contributed by atoms with E-state index in [0.717, 1.165) is 4.47 Å². The van der Waals surface area contributed by atoms with Crippen LogP contribution >= 0.6 is 47.8 Å². The number of halogens is 3. The van der Waals surface area contributed by atoms with E-state index in [1.807, 2.05) is 0 Å². The van der Waals surface area contributed by atoms with E-state index in [0.29, 0.717) is 9.80 Å². The number of rotatable bonds is 3. The summed E-state index contributed by atoms with van der Waals surface area (Å²) in [6, 6.07) is 1.68. The summed E-state index contributed by atoms with van der Waals surface area (Å²) in [5, 5.41) is 9.83. The van der Waals surface area contributed by atoms with E-state index in [2.05, 4.69) is 47.8 Å². The van der Waals surface area contributed by atoms with Crippen molar-refractivity contribution in [3.63, 3.8) is 0 Å². The molecule has 0 aliphatic rings. The van der Waals surface area contributed by atoms with Crippen LogP contribution in [0, 0.1) is 0 Å². The van der Waals surface area contributed by atoms with Crippen LogP contribution in [0.25, 0.3) is 0 Å². The first-order valence-corrected chi connectivity index (χ1v) is 6.55. The highest BCUT2D eigenvalue weighted by molar-refractivity contribution is 9.11. The molecule has 14 heavy (non-hydrogen) atoms. The fourth-order valence-corrected chi connectivity index (χ4v) is 2.44. The van der Waals surface area contributed by atoms with Gasteiger partial charge in [0.05, 0.1) is 17.1 Å². The molecular weight excluding hydrogens is 382 g/mol. The molecule has 0 radical (unpaired) electrons. The smallest absolute Gasteiger partial charge is 0.264 e. The predicted molar refractivity (Wildman–Crippen MR) is 65.9 cm³/mol. The lowest BCUT2D eigenvalue weighted by Crippen LogP contribution is -2.27. The minimum Gasteiger partial charge on any atom is -0.390 e. The monoisotopic (exact) mass is 387 g/mol. The second-order valence-corrected chi connectivity index (χ2v) is 5.19. The Balaban J connectivity index is 3.02. The van der Waals surface area contributed by atoms with E-state index in [1.165, 1.54) is 4.57 Å². The average molecular weight is 390 g/mol. The summed E-state index contributed by atoms with van der Waals surface area (Å²) >= 11 is 9.57. The number of alkyl halides is 1. The lowest BCUT2D eigenvalue weighted by molar-refractivity contribution is 0.177. The van der Waals surface area contributed by atoms with Gasteiger partial charge in [0.1, 0.15) is 0 Å². The Kier molecular flexibility index (Phi) is 4.82. The molecule has 0 spiro atoms. The van der Waals surface area contributed by atoms with E-state index >= 15 is 0 Å². The van der Waals surface area contributed by atoms with E-state index < -0.39 is 6.10 Å². The lowest BCUT2D eigenvalue weighted by Gasteiger charge is -2.10. The first-order valence-electron chi connectivity index (χ1n) is 3.84. The summed E-state index contributed by atoms with van der Waals surface area (Å²) < 4.78 is 2.74. The Hall–Kier alpha value is 0.350. The molecule has 1 N–H and O–H groups in total. The van der Waals surface area contributed by atoms with Crippen molar-refractivity contribution in [1.82, 2.24) is 4.57 Å². The molecular formula is C8H8Br3NO2. The van der Waals surface area contributed by atoms with E-state index in [9.17, 15) is 9.90 Å². The first kappa shape index (κ1) is 12.4. The highest BCUT2D eigenvalue weighted by Gasteiger charge is 2.07. The van der Waals surface area contributed by atoms with Crippen LogP contribution in [0.4, 0.5) is 0 Å². The molecule has 3 nitrogen and oxygen atoms in total. The number of aliphatic hydroxyl groups excluding tert-OH is 1. The fourth-order valence-electron chi connectivity index (χ4n) is 0.976. The van der Waals surface area contributed by atoms with Crippen molar-refractivity contribution in [2.45, 2.75) is 12.6 Å². The number of hydrogen-bond acceptors (Lipinski definition) is 2. The van der Waals surface area contributed by atoms with Crippen LogP contribution in [-0.2, 0) is 6.54 Å². The second kappa shape index (κ2) is 5.44. The van der Waals surface area contributed by atoms with E-state index in [1.54, 1.807) is 12.3 Å². The van der Waals surface area contributed by atoms with Crippen molar-refractivity contribution >= 4 is 47.8 Å². The van der Waals surface area contributed by atoms with Crippen molar-refractivity contribution in [2.24, 2.45) is 0 Å². The molecule has 0 bridgehead atoms. The van der Waals surface area contributed by atoms with Crippen molar-refractivity contribution in [3.8, 4) is 0 Å². The minimum atomic E-state index is -0.561. The number of aliphatic hydroxyl groups is 1. The SMILES string of the molecule is O=c1c(Br)cc(Br)cn1CC(O)CBr. The molecule has 0 fully saturated rings. The van der Waals surface area contributed by atoms with Crippen molar-refractivity contribution in [3.05, 3.63) is 31.6 Å². The molecule has 1 aromatic rings. The van der Waals surface area contributed by atoms with Gasteiger partial charge in [0.25, 0.3) is 5.56 Å². The molecule has 0 amide bonds. The van der Waals surface area contributed by atoms with Crippen molar-refractivity contribution in [1.29, 1.82) is 0 Å². The van der Waals surface area contributed by atoms with Gasteiger partial charge in [0.15, 0.2) is 0 Å². The highest BCUT2D eigenvalue weighted by atomic mass is 79.9. The summed E-state index contributed by atoms with van der Waals surface area (Å²) in [4.78, 5) is 11.5. The molecule has 1 aromatic heterocycles. The maximum absolute atomic E-state index is 11.5. The van der Waals surface area contributed by atoms with Crippen LogP contribution in [0.3, 0.4) is 0 Å². The van der Waals surface area contributed by atoms with Gasteiger partial charge in [-0.1, -0.05) is 15.9 Å². The van der Waals surface area contributed by atoms with Gasteiger partial charge in [0, 0.05) is 16.0 Å². The van der Waals surface area contributed by atoms with Gasteiger partial charge in [-0.3, -0.25) is 4.79 Å². The Labute approximate surface area is 107 Å². The Bertz CT molecular complexity index is 377. The van der Waals surface area contributed by atoms with Crippen LogP contribution < -0.4 is 5.56 Å². The van der Waals surface area contributed by atoms with Crippen LogP contribution in [0.2, 0.25) is 0 Å². The third-order valence-corrected chi connectivity index (χ3v) is 3.34. The van der Waals surface area contributed by atoms with E-state index in [-0.39, 0.29) is 12.1 Å². The number of pyridine rings is 1. The van der Waals surface area contributed by atoms with Gasteiger partial charge in [-0.05, 0) is 37.9 Å². The lowest BCUT2D eigenvalue weighted by atomic mass is 10.4. The molecule has 0 saturated carbocycles. The Morgan fingerprint density at radius 3 is 2.71 bits per heavy atom. The molecule has 78 valence electrons. The van der Waals surface area contributed by atoms with Gasteiger partial charge >= 0.3 is 0 Å².